The largest absolute Gasteiger partial charge is 0.383 e. The van der Waals surface area contributed by atoms with Crippen LogP contribution in [-0.4, -0.2) is 62.0 Å². The molecule has 1 unspecified atom stereocenters. The molecule has 1 fully saturated rings. The fraction of sp³-hybridized carbons (Fsp3) is 0.409. The van der Waals surface area contributed by atoms with E-state index in [1.54, 1.807) is 43.5 Å². The molecule has 0 spiro atoms. The first-order chi connectivity index (χ1) is 14.0. The molecule has 154 valence electrons. The van der Waals surface area contributed by atoms with Crippen LogP contribution in [-0.2, 0) is 4.74 Å². The van der Waals surface area contributed by atoms with Crippen LogP contribution < -0.4 is 4.90 Å². The molecular formula is C22H27N3O4. The van der Waals surface area contributed by atoms with Crippen LogP contribution >= 0.6 is 0 Å². The normalized spacial score (nSPS) is 16.4. The van der Waals surface area contributed by atoms with Crippen molar-refractivity contribution in [3.63, 3.8) is 0 Å². The zero-order valence-corrected chi connectivity index (χ0v) is 16.9. The number of likely N-dealkylation sites (N-methyl/N-ethyl adjacent to an activating group) is 1. The van der Waals surface area contributed by atoms with Gasteiger partial charge in [-0.15, -0.1) is 0 Å². The Bertz CT molecular complexity index is 856. The number of carbonyl (C=O) groups excluding carboxylic acids is 1. The number of ether oxygens (including phenoxy) is 1. The van der Waals surface area contributed by atoms with Gasteiger partial charge < -0.3 is 14.5 Å². The summed E-state index contributed by atoms with van der Waals surface area (Å²) in [7, 11) is 3.71. The molecule has 0 amide bonds. The third-order valence-electron chi connectivity index (χ3n) is 5.36. The summed E-state index contributed by atoms with van der Waals surface area (Å²) in [5, 5.41) is 11.8. The summed E-state index contributed by atoms with van der Waals surface area (Å²) in [6.07, 6.45) is 1.98. The third kappa shape index (κ3) is 4.99. The number of carbonyl (C=O) groups is 1. The molecule has 0 saturated carbocycles. The molecule has 1 aliphatic heterocycles. The van der Waals surface area contributed by atoms with Gasteiger partial charge in [0.2, 0.25) is 0 Å². The van der Waals surface area contributed by atoms with Crippen molar-refractivity contribution in [3.05, 3.63) is 69.8 Å². The smallest absolute Gasteiger partial charge is 0.293 e. The number of benzene rings is 2. The van der Waals surface area contributed by atoms with Gasteiger partial charge in [0.25, 0.3) is 5.69 Å². The molecule has 1 atom stereocenters. The van der Waals surface area contributed by atoms with E-state index >= 15 is 0 Å². The van der Waals surface area contributed by atoms with Crippen molar-refractivity contribution in [1.82, 2.24) is 4.90 Å². The molecule has 7 heteroatoms. The van der Waals surface area contributed by atoms with Crippen molar-refractivity contribution >= 4 is 17.2 Å². The lowest BCUT2D eigenvalue weighted by atomic mass is 10.0. The van der Waals surface area contributed by atoms with Crippen LogP contribution in [0.4, 0.5) is 11.4 Å². The maximum Gasteiger partial charge on any atom is 0.293 e. The van der Waals surface area contributed by atoms with Crippen LogP contribution in [0.15, 0.2) is 48.5 Å². The van der Waals surface area contributed by atoms with Gasteiger partial charge in [-0.25, -0.2) is 0 Å². The third-order valence-corrected chi connectivity index (χ3v) is 5.36. The van der Waals surface area contributed by atoms with E-state index in [2.05, 4.69) is 9.80 Å². The topological polar surface area (TPSA) is 75.9 Å². The average Bonchev–Trinajstić information content (AvgIpc) is 3.19. The monoisotopic (exact) mass is 397 g/mol. The fourth-order valence-electron chi connectivity index (χ4n) is 3.85. The molecule has 0 aliphatic carbocycles. The minimum absolute atomic E-state index is 0.0155. The number of hydrogen-bond acceptors (Lipinski definition) is 6. The Labute approximate surface area is 171 Å². The Morgan fingerprint density at radius 3 is 2.69 bits per heavy atom. The Morgan fingerprint density at radius 1 is 1.24 bits per heavy atom. The summed E-state index contributed by atoms with van der Waals surface area (Å²) < 4.78 is 5.13. The van der Waals surface area contributed by atoms with E-state index in [4.69, 9.17) is 4.74 Å². The van der Waals surface area contributed by atoms with Crippen molar-refractivity contribution in [2.75, 3.05) is 45.3 Å². The quantitative estimate of drug-likeness (QED) is 0.367. The van der Waals surface area contributed by atoms with Crippen molar-refractivity contribution in [3.8, 4) is 0 Å². The minimum Gasteiger partial charge on any atom is -0.383 e. The maximum absolute atomic E-state index is 12.7. The number of ketones is 1. The van der Waals surface area contributed by atoms with E-state index in [-0.39, 0.29) is 22.4 Å². The Morgan fingerprint density at radius 2 is 2.00 bits per heavy atom. The van der Waals surface area contributed by atoms with E-state index < -0.39 is 0 Å². The number of methoxy groups -OCH3 is 1. The molecule has 0 aromatic heterocycles. The van der Waals surface area contributed by atoms with Gasteiger partial charge in [-0.2, -0.15) is 0 Å². The second kappa shape index (κ2) is 9.62. The van der Waals surface area contributed by atoms with Crippen LogP contribution in [0.25, 0.3) is 0 Å². The van der Waals surface area contributed by atoms with E-state index in [0.29, 0.717) is 23.4 Å². The van der Waals surface area contributed by atoms with Gasteiger partial charge in [-0.3, -0.25) is 14.9 Å². The molecule has 29 heavy (non-hydrogen) atoms. The van der Waals surface area contributed by atoms with E-state index in [9.17, 15) is 14.9 Å². The van der Waals surface area contributed by atoms with Crippen LogP contribution in [0.5, 0.6) is 0 Å². The molecule has 1 aliphatic rings. The molecule has 0 N–H and O–H groups in total. The number of nitro benzene ring substituents is 1. The van der Waals surface area contributed by atoms with Crippen molar-refractivity contribution in [1.29, 1.82) is 0 Å². The summed E-state index contributed by atoms with van der Waals surface area (Å²) in [6.45, 7) is 3.05. The molecule has 2 aromatic carbocycles. The fourth-order valence-corrected chi connectivity index (χ4v) is 3.85. The lowest BCUT2D eigenvalue weighted by Gasteiger charge is -2.30. The van der Waals surface area contributed by atoms with Gasteiger partial charge in [-0.05, 0) is 32.0 Å². The van der Waals surface area contributed by atoms with Gasteiger partial charge >= 0.3 is 0 Å². The van der Waals surface area contributed by atoms with Crippen LogP contribution in [0.2, 0.25) is 0 Å². The molecular weight excluding hydrogens is 370 g/mol. The molecule has 1 heterocycles. The van der Waals surface area contributed by atoms with Gasteiger partial charge in [0.1, 0.15) is 5.69 Å². The highest BCUT2D eigenvalue weighted by Gasteiger charge is 2.31. The summed E-state index contributed by atoms with van der Waals surface area (Å²) in [5.74, 6) is -0.211. The predicted molar refractivity (Wildman–Crippen MR) is 113 cm³/mol. The molecule has 0 radical (unpaired) electrons. The van der Waals surface area contributed by atoms with Crippen LogP contribution in [0.1, 0.15) is 28.8 Å². The van der Waals surface area contributed by atoms with Crippen molar-refractivity contribution < 1.29 is 14.5 Å². The van der Waals surface area contributed by atoms with Crippen LogP contribution in [0.3, 0.4) is 0 Å². The molecule has 1 saturated heterocycles. The lowest BCUT2D eigenvalue weighted by Crippen LogP contribution is -2.40. The SMILES string of the molecule is COCCN(C)CC1CCCN1c1ccc(C(=O)c2ccccc2)cc1[N+](=O)[O-]. The van der Waals surface area contributed by atoms with Crippen molar-refractivity contribution in [2.45, 2.75) is 18.9 Å². The first-order valence-corrected chi connectivity index (χ1v) is 9.83. The van der Waals surface area contributed by atoms with E-state index in [1.807, 2.05) is 13.1 Å². The summed E-state index contributed by atoms with van der Waals surface area (Å²) in [5.41, 5.74) is 1.42. The standard InChI is InChI=1S/C22H27N3O4/c1-23(13-14-29-2)16-19-9-6-12-24(19)20-11-10-18(15-21(20)25(27)28)22(26)17-7-4-3-5-8-17/h3-5,7-8,10-11,15,19H,6,9,12-14,16H2,1-2H3. The molecule has 3 rings (SSSR count). The number of hydrogen-bond donors (Lipinski definition) is 0. The summed E-state index contributed by atoms with van der Waals surface area (Å²) in [4.78, 5) is 28.4. The van der Waals surface area contributed by atoms with Gasteiger partial charge in [0.05, 0.1) is 11.5 Å². The van der Waals surface area contributed by atoms with E-state index in [0.717, 1.165) is 32.5 Å². The Balaban J connectivity index is 1.85. The maximum atomic E-state index is 12.7. The second-order valence-corrected chi connectivity index (χ2v) is 7.40. The zero-order chi connectivity index (χ0) is 20.8. The Kier molecular flexibility index (Phi) is 6.95. The second-order valence-electron chi connectivity index (χ2n) is 7.40. The molecule has 0 bridgehead atoms. The van der Waals surface area contributed by atoms with Crippen LogP contribution in [0, 0.1) is 10.1 Å². The Hall–Kier alpha value is -2.77. The van der Waals surface area contributed by atoms with Gasteiger partial charge in [0, 0.05) is 50.0 Å². The molecule has 7 nitrogen and oxygen atoms in total. The predicted octanol–water partition coefficient (Wildman–Crippen LogP) is 3.37. The highest BCUT2D eigenvalue weighted by atomic mass is 16.6. The lowest BCUT2D eigenvalue weighted by molar-refractivity contribution is -0.384. The number of nitrogens with zero attached hydrogens (tertiary/aromatic N) is 3. The number of rotatable bonds is 9. The van der Waals surface area contributed by atoms with Crippen molar-refractivity contribution in [2.24, 2.45) is 0 Å². The first-order valence-electron chi connectivity index (χ1n) is 9.83. The highest BCUT2D eigenvalue weighted by Crippen LogP contribution is 2.35. The number of nitro groups is 1. The molecule has 2 aromatic rings. The minimum atomic E-state index is -0.388. The van der Waals surface area contributed by atoms with Gasteiger partial charge in [-0.1, -0.05) is 30.3 Å². The summed E-state index contributed by atoms with van der Waals surface area (Å²) >= 11 is 0. The van der Waals surface area contributed by atoms with Gasteiger partial charge in [0.15, 0.2) is 5.78 Å². The van der Waals surface area contributed by atoms with E-state index in [1.165, 1.54) is 6.07 Å². The highest BCUT2D eigenvalue weighted by molar-refractivity contribution is 6.09. The summed E-state index contributed by atoms with van der Waals surface area (Å²) in [6, 6.07) is 13.9. The number of anilines is 1. The average molecular weight is 397 g/mol. The first kappa shape index (κ1) is 21.0. The zero-order valence-electron chi connectivity index (χ0n) is 16.9.